The first-order valence-electron chi connectivity index (χ1n) is 9.55. The largest absolute Gasteiger partial charge is 0.492 e. The molecule has 0 saturated carbocycles. The number of rotatable bonds is 15. The van der Waals surface area contributed by atoms with Crippen LogP contribution in [0.3, 0.4) is 0 Å². The fourth-order valence-corrected chi connectivity index (χ4v) is 2.41. The summed E-state index contributed by atoms with van der Waals surface area (Å²) in [5.74, 6) is -0.0242. The highest BCUT2D eigenvalue weighted by atomic mass is 16.6. The van der Waals surface area contributed by atoms with Gasteiger partial charge < -0.3 is 28.6 Å². The van der Waals surface area contributed by atoms with Gasteiger partial charge in [0.05, 0.1) is 38.7 Å². The molecule has 0 aliphatic carbocycles. The van der Waals surface area contributed by atoms with Gasteiger partial charge in [0.15, 0.2) is 0 Å². The maximum atomic E-state index is 11.4. The molecule has 0 heterocycles. The van der Waals surface area contributed by atoms with Crippen molar-refractivity contribution in [2.45, 2.75) is 20.8 Å². The molecule has 0 N–H and O–H groups in total. The van der Waals surface area contributed by atoms with Crippen LogP contribution in [0.5, 0.6) is 5.75 Å². The lowest BCUT2D eigenvalue weighted by Gasteiger charge is -2.26. The molecule has 158 valence electrons. The van der Waals surface area contributed by atoms with E-state index in [9.17, 15) is 9.59 Å². The fourth-order valence-electron chi connectivity index (χ4n) is 2.41. The maximum Gasteiger partial charge on any atom is 0.332 e. The van der Waals surface area contributed by atoms with Gasteiger partial charge in [0.1, 0.15) is 19.0 Å². The average molecular weight is 397 g/mol. The van der Waals surface area contributed by atoms with Crippen LogP contribution in [0.4, 0.5) is 5.69 Å². The quantitative estimate of drug-likeness (QED) is 0.328. The Hall–Kier alpha value is -2.32. The smallest absolute Gasteiger partial charge is 0.332 e. The lowest BCUT2D eigenvalue weighted by atomic mass is 10.2. The van der Waals surface area contributed by atoms with Crippen LogP contribution in [-0.4, -0.2) is 71.3 Å². The molecule has 0 fully saturated rings. The number of nitrogens with zero attached hydrogens (tertiary/aromatic N) is 1. The fraction of sp³-hybridized carbons (Fsp3) is 0.600. The molecule has 0 radical (unpaired) electrons. The number of carbonyl (C=O) groups is 2. The third-order valence-electron chi connectivity index (χ3n) is 3.57. The van der Waals surface area contributed by atoms with E-state index in [0.717, 1.165) is 11.4 Å². The molecule has 8 nitrogen and oxygen atoms in total. The second-order valence-electron chi connectivity index (χ2n) is 5.60. The zero-order chi connectivity index (χ0) is 20.6. The first-order valence-corrected chi connectivity index (χ1v) is 9.55. The maximum absolute atomic E-state index is 11.4. The minimum absolute atomic E-state index is 0.0891. The third-order valence-corrected chi connectivity index (χ3v) is 3.57. The summed E-state index contributed by atoms with van der Waals surface area (Å²) >= 11 is 0. The van der Waals surface area contributed by atoms with Crippen molar-refractivity contribution >= 4 is 17.6 Å². The number of anilines is 1. The second-order valence-corrected chi connectivity index (χ2v) is 5.60. The Balaban J connectivity index is 2.62. The van der Waals surface area contributed by atoms with E-state index in [2.05, 4.69) is 0 Å². The van der Waals surface area contributed by atoms with E-state index in [-0.39, 0.29) is 25.2 Å². The van der Waals surface area contributed by atoms with Crippen LogP contribution in [0, 0.1) is 0 Å². The molecular formula is C20H31NO7. The predicted octanol–water partition coefficient (Wildman–Crippen LogP) is 2.05. The normalized spacial score (nSPS) is 10.4. The summed E-state index contributed by atoms with van der Waals surface area (Å²) in [4.78, 5) is 24.8. The zero-order valence-corrected chi connectivity index (χ0v) is 17.0. The first-order chi connectivity index (χ1) is 13.6. The summed E-state index contributed by atoms with van der Waals surface area (Å²) in [5, 5.41) is 0. The zero-order valence-electron chi connectivity index (χ0n) is 17.0. The van der Waals surface area contributed by atoms with Gasteiger partial charge in [-0.15, -0.1) is 0 Å². The van der Waals surface area contributed by atoms with Crippen LogP contribution in [-0.2, 0) is 28.5 Å². The lowest BCUT2D eigenvalue weighted by molar-refractivity contribution is -0.148. The number of benzene rings is 1. The van der Waals surface area contributed by atoms with E-state index in [1.165, 1.54) is 0 Å². The number of carbonyl (C=O) groups excluding carboxylic acids is 2. The molecule has 0 atom stereocenters. The molecule has 0 aliphatic rings. The molecule has 1 aromatic rings. The molecule has 28 heavy (non-hydrogen) atoms. The van der Waals surface area contributed by atoms with Gasteiger partial charge in [0, 0.05) is 13.1 Å². The summed E-state index contributed by atoms with van der Waals surface area (Å²) in [7, 11) is 0. The van der Waals surface area contributed by atoms with Crippen molar-refractivity contribution < 1.29 is 33.3 Å². The van der Waals surface area contributed by atoms with Crippen LogP contribution in [0.1, 0.15) is 20.8 Å². The molecular weight excluding hydrogens is 366 g/mol. The van der Waals surface area contributed by atoms with Gasteiger partial charge >= 0.3 is 11.9 Å². The van der Waals surface area contributed by atoms with Crippen LogP contribution in [0.2, 0.25) is 0 Å². The molecule has 0 saturated heterocycles. The highest BCUT2D eigenvalue weighted by molar-refractivity contribution is 5.71. The van der Waals surface area contributed by atoms with E-state index in [1.807, 2.05) is 36.1 Å². The molecule has 0 unspecified atom stereocenters. The SMILES string of the molecule is CCOC(=O)COCCN(CCOCC(=O)OCC)c1ccccc1OCC. The molecule has 1 aromatic carbocycles. The highest BCUT2D eigenvalue weighted by Crippen LogP contribution is 2.27. The molecule has 0 bridgehead atoms. The van der Waals surface area contributed by atoms with Crippen molar-refractivity contribution in [3.05, 3.63) is 24.3 Å². The summed E-state index contributed by atoms with van der Waals surface area (Å²) in [6.07, 6.45) is 0. The highest BCUT2D eigenvalue weighted by Gasteiger charge is 2.13. The molecule has 0 amide bonds. The van der Waals surface area contributed by atoms with Gasteiger partial charge in [-0.2, -0.15) is 0 Å². The Morgan fingerprint density at radius 3 is 1.86 bits per heavy atom. The number of hydrogen-bond donors (Lipinski definition) is 0. The standard InChI is InChI=1S/C20H31NO7/c1-4-26-18-10-8-7-9-17(18)21(11-13-24-15-19(22)27-5-2)12-14-25-16-20(23)28-6-3/h7-10H,4-6,11-16H2,1-3H3. The Morgan fingerprint density at radius 1 is 0.821 bits per heavy atom. The van der Waals surface area contributed by atoms with Crippen molar-refractivity contribution in [1.29, 1.82) is 0 Å². The van der Waals surface area contributed by atoms with E-state index in [0.29, 0.717) is 46.1 Å². The Kier molecular flexibility index (Phi) is 12.5. The Morgan fingerprint density at radius 2 is 1.36 bits per heavy atom. The van der Waals surface area contributed by atoms with Crippen molar-refractivity contribution in [1.82, 2.24) is 0 Å². The van der Waals surface area contributed by atoms with Crippen LogP contribution in [0.25, 0.3) is 0 Å². The van der Waals surface area contributed by atoms with E-state index in [1.54, 1.807) is 13.8 Å². The van der Waals surface area contributed by atoms with E-state index < -0.39 is 0 Å². The second kappa shape index (κ2) is 14.7. The topological polar surface area (TPSA) is 83.5 Å². The molecule has 0 aromatic heterocycles. The van der Waals surface area contributed by atoms with E-state index >= 15 is 0 Å². The molecule has 1 rings (SSSR count). The van der Waals surface area contributed by atoms with Crippen molar-refractivity contribution in [2.24, 2.45) is 0 Å². The Bertz CT molecular complexity index is 553. The number of esters is 2. The molecule has 0 spiro atoms. The van der Waals surface area contributed by atoms with Crippen LogP contribution >= 0.6 is 0 Å². The van der Waals surface area contributed by atoms with Gasteiger partial charge in [-0.3, -0.25) is 0 Å². The van der Waals surface area contributed by atoms with Crippen molar-refractivity contribution in [3.8, 4) is 5.75 Å². The number of para-hydroxylation sites is 2. The molecule has 8 heteroatoms. The van der Waals surface area contributed by atoms with Crippen LogP contribution in [0.15, 0.2) is 24.3 Å². The summed E-state index contributed by atoms with van der Waals surface area (Å²) in [6, 6.07) is 7.66. The van der Waals surface area contributed by atoms with Gasteiger partial charge in [0.25, 0.3) is 0 Å². The summed E-state index contributed by atoms with van der Waals surface area (Å²) in [5.41, 5.74) is 0.892. The minimum atomic E-state index is -0.387. The third kappa shape index (κ3) is 9.57. The van der Waals surface area contributed by atoms with Gasteiger partial charge in [0.2, 0.25) is 0 Å². The van der Waals surface area contributed by atoms with E-state index in [4.69, 9.17) is 23.7 Å². The van der Waals surface area contributed by atoms with Gasteiger partial charge in [-0.05, 0) is 32.9 Å². The monoisotopic (exact) mass is 397 g/mol. The van der Waals surface area contributed by atoms with Crippen molar-refractivity contribution in [2.75, 3.05) is 64.2 Å². The minimum Gasteiger partial charge on any atom is -0.492 e. The van der Waals surface area contributed by atoms with Crippen LogP contribution < -0.4 is 9.64 Å². The number of hydrogen-bond acceptors (Lipinski definition) is 8. The predicted molar refractivity (Wildman–Crippen MR) is 105 cm³/mol. The van der Waals surface area contributed by atoms with Crippen molar-refractivity contribution in [3.63, 3.8) is 0 Å². The lowest BCUT2D eigenvalue weighted by Crippen LogP contribution is -2.32. The summed E-state index contributed by atoms with van der Waals surface area (Å²) < 4.78 is 26.2. The van der Waals surface area contributed by atoms with Gasteiger partial charge in [-0.25, -0.2) is 9.59 Å². The van der Waals surface area contributed by atoms with Gasteiger partial charge in [-0.1, -0.05) is 12.1 Å². The first kappa shape index (κ1) is 23.7. The number of ether oxygens (including phenoxy) is 5. The average Bonchev–Trinajstić information content (AvgIpc) is 2.68. The molecule has 0 aliphatic heterocycles. The Labute approximate surface area is 166 Å². The summed E-state index contributed by atoms with van der Waals surface area (Å²) in [6.45, 7) is 8.15.